The second kappa shape index (κ2) is 6.39. The third-order valence-corrected chi connectivity index (χ3v) is 3.94. The Labute approximate surface area is 120 Å². The molecule has 1 unspecified atom stereocenters. The molecule has 1 atom stereocenters. The Hall–Kier alpha value is -1.36. The fourth-order valence-electron chi connectivity index (χ4n) is 2.94. The molecule has 5 heteroatoms. The van der Waals surface area contributed by atoms with E-state index in [9.17, 15) is 0 Å². The molecule has 1 aliphatic heterocycles. The van der Waals surface area contributed by atoms with Gasteiger partial charge < -0.3 is 14.8 Å². The van der Waals surface area contributed by atoms with Gasteiger partial charge in [0.25, 0.3) is 0 Å². The van der Waals surface area contributed by atoms with Crippen LogP contribution in [0.3, 0.4) is 0 Å². The summed E-state index contributed by atoms with van der Waals surface area (Å²) in [5.74, 6) is 2.28. The molecule has 2 aliphatic rings. The topological polar surface area (TPSA) is 56.3 Å². The predicted octanol–water partition coefficient (Wildman–Crippen LogP) is 3.08. The van der Waals surface area contributed by atoms with Crippen LogP contribution in [0, 0.1) is 0 Å². The normalized spacial score (nSPS) is 23.1. The number of aromatic nitrogens is 2. The van der Waals surface area contributed by atoms with E-state index >= 15 is 0 Å². The number of nitrogens with zero attached hydrogens (tertiary/aromatic N) is 2. The van der Waals surface area contributed by atoms with E-state index in [0.29, 0.717) is 18.5 Å². The van der Waals surface area contributed by atoms with E-state index in [1.807, 2.05) is 13.0 Å². The zero-order valence-corrected chi connectivity index (χ0v) is 12.1. The lowest BCUT2D eigenvalue weighted by atomic mass is 10.2. The monoisotopic (exact) mass is 277 g/mol. The first-order valence-corrected chi connectivity index (χ1v) is 7.75. The van der Waals surface area contributed by atoms with Crippen molar-refractivity contribution in [2.45, 2.75) is 57.6 Å². The first-order valence-electron chi connectivity index (χ1n) is 7.75. The SMILES string of the molecule is CCOc1cc(NC2CCCC2)nc(C2CCCO2)n1. The molecule has 0 spiro atoms. The molecule has 110 valence electrons. The van der Waals surface area contributed by atoms with Crippen LogP contribution in [0.2, 0.25) is 0 Å². The van der Waals surface area contributed by atoms with E-state index in [4.69, 9.17) is 9.47 Å². The van der Waals surface area contributed by atoms with Crippen LogP contribution in [-0.4, -0.2) is 29.2 Å². The van der Waals surface area contributed by atoms with E-state index in [1.165, 1.54) is 25.7 Å². The van der Waals surface area contributed by atoms with Gasteiger partial charge in [0.15, 0.2) is 5.82 Å². The van der Waals surface area contributed by atoms with Gasteiger partial charge in [0.1, 0.15) is 11.9 Å². The van der Waals surface area contributed by atoms with Crippen molar-refractivity contribution < 1.29 is 9.47 Å². The summed E-state index contributed by atoms with van der Waals surface area (Å²) in [7, 11) is 0. The number of ether oxygens (including phenoxy) is 2. The van der Waals surface area contributed by atoms with Gasteiger partial charge in [-0.2, -0.15) is 4.98 Å². The van der Waals surface area contributed by atoms with Crippen molar-refractivity contribution >= 4 is 5.82 Å². The van der Waals surface area contributed by atoms with Gasteiger partial charge in [0, 0.05) is 18.7 Å². The fourth-order valence-corrected chi connectivity index (χ4v) is 2.94. The zero-order valence-electron chi connectivity index (χ0n) is 12.1. The first kappa shape index (κ1) is 13.6. The average Bonchev–Trinajstić information content (AvgIpc) is 3.11. The largest absolute Gasteiger partial charge is 0.478 e. The summed E-state index contributed by atoms with van der Waals surface area (Å²) in [6.45, 7) is 3.39. The Bertz CT molecular complexity index is 441. The van der Waals surface area contributed by atoms with E-state index in [1.54, 1.807) is 0 Å². The lowest BCUT2D eigenvalue weighted by molar-refractivity contribution is 0.104. The smallest absolute Gasteiger partial charge is 0.218 e. The summed E-state index contributed by atoms with van der Waals surface area (Å²) in [6, 6.07) is 2.44. The van der Waals surface area contributed by atoms with Crippen LogP contribution in [0.15, 0.2) is 6.07 Å². The van der Waals surface area contributed by atoms with E-state index in [0.717, 1.165) is 31.1 Å². The van der Waals surface area contributed by atoms with Gasteiger partial charge in [-0.05, 0) is 32.6 Å². The van der Waals surface area contributed by atoms with Crippen molar-refractivity contribution in [1.29, 1.82) is 0 Å². The maximum Gasteiger partial charge on any atom is 0.218 e. The minimum atomic E-state index is 0.0273. The second-order valence-electron chi connectivity index (χ2n) is 5.51. The Morgan fingerprint density at radius 1 is 1.25 bits per heavy atom. The Morgan fingerprint density at radius 2 is 2.10 bits per heavy atom. The molecule has 1 aromatic rings. The molecule has 1 saturated heterocycles. The number of hydrogen-bond donors (Lipinski definition) is 1. The molecular formula is C15H23N3O2. The predicted molar refractivity (Wildman–Crippen MR) is 77.0 cm³/mol. The quantitative estimate of drug-likeness (QED) is 0.896. The summed E-state index contributed by atoms with van der Waals surface area (Å²) in [6.07, 6.45) is 7.17. The van der Waals surface area contributed by atoms with Crippen LogP contribution in [0.25, 0.3) is 0 Å². The van der Waals surface area contributed by atoms with Crippen LogP contribution in [0.5, 0.6) is 5.88 Å². The molecule has 2 fully saturated rings. The molecule has 3 rings (SSSR count). The molecule has 0 amide bonds. The summed E-state index contributed by atoms with van der Waals surface area (Å²) in [4.78, 5) is 9.12. The van der Waals surface area contributed by atoms with Crippen molar-refractivity contribution in [1.82, 2.24) is 9.97 Å². The fraction of sp³-hybridized carbons (Fsp3) is 0.733. The molecule has 1 aliphatic carbocycles. The van der Waals surface area contributed by atoms with Crippen molar-refractivity contribution in [3.63, 3.8) is 0 Å². The summed E-state index contributed by atoms with van der Waals surface area (Å²) in [5, 5.41) is 3.52. The molecule has 2 heterocycles. The molecule has 20 heavy (non-hydrogen) atoms. The van der Waals surface area contributed by atoms with Gasteiger partial charge >= 0.3 is 0 Å². The van der Waals surface area contributed by atoms with Gasteiger partial charge in [-0.15, -0.1) is 0 Å². The maximum atomic E-state index is 5.69. The summed E-state index contributed by atoms with van der Waals surface area (Å²) >= 11 is 0. The number of nitrogens with one attached hydrogen (secondary N) is 1. The highest BCUT2D eigenvalue weighted by molar-refractivity contribution is 5.40. The highest BCUT2D eigenvalue weighted by Crippen LogP contribution is 2.29. The molecule has 1 N–H and O–H groups in total. The van der Waals surface area contributed by atoms with Gasteiger partial charge in [-0.25, -0.2) is 4.98 Å². The maximum absolute atomic E-state index is 5.69. The molecule has 0 bridgehead atoms. The number of hydrogen-bond acceptors (Lipinski definition) is 5. The Balaban J connectivity index is 1.79. The van der Waals surface area contributed by atoms with Crippen LogP contribution in [0.4, 0.5) is 5.82 Å². The molecule has 5 nitrogen and oxygen atoms in total. The van der Waals surface area contributed by atoms with Crippen LogP contribution >= 0.6 is 0 Å². The van der Waals surface area contributed by atoms with E-state index in [2.05, 4.69) is 15.3 Å². The first-order chi connectivity index (χ1) is 9.85. The molecule has 1 saturated carbocycles. The van der Waals surface area contributed by atoms with Crippen LogP contribution in [0.1, 0.15) is 57.4 Å². The lowest BCUT2D eigenvalue weighted by Gasteiger charge is -2.16. The van der Waals surface area contributed by atoms with Crippen molar-refractivity contribution in [3.8, 4) is 5.88 Å². The number of anilines is 1. The second-order valence-corrected chi connectivity index (χ2v) is 5.51. The average molecular weight is 277 g/mol. The molecule has 0 radical (unpaired) electrons. The minimum absolute atomic E-state index is 0.0273. The van der Waals surface area contributed by atoms with Crippen LogP contribution < -0.4 is 10.1 Å². The highest BCUT2D eigenvalue weighted by atomic mass is 16.5. The standard InChI is InChI=1S/C15H23N3O2/c1-2-19-14-10-13(16-11-6-3-4-7-11)17-15(18-14)12-8-5-9-20-12/h10-12H,2-9H2,1H3,(H,16,17,18). The van der Waals surface area contributed by atoms with Gasteiger partial charge in [0.05, 0.1) is 6.61 Å². The third-order valence-electron chi connectivity index (χ3n) is 3.94. The summed E-state index contributed by atoms with van der Waals surface area (Å²) < 4.78 is 11.3. The van der Waals surface area contributed by atoms with Crippen LogP contribution in [-0.2, 0) is 4.74 Å². The van der Waals surface area contributed by atoms with E-state index < -0.39 is 0 Å². The highest BCUT2D eigenvalue weighted by Gasteiger charge is 2.23. The van der Waals surface area contributed by atoms with Crippen molar-refractivity contribution in [3.05, 3.63) is 11.9 Å². The van der Waals surface area contributed by atoms with E-state index in [-0.39, 0.29) is 6.10 Å². The van der Waals surface area contributed by atoms with Crippen molar-refractivity contribution in [2.75, 3.05) is 18.5 Å². The molecule has 0 aromatic carbocycles. The summed E-state index contributed by atoms with van der Waals surface area (Å²) in [5.41, 5.74) is 0. The lowest BCUT2D eigenvalue weighted by Crippen LogP contribution is -2.17. The Kier molecular flexibility index (Phi) is 4.35. The zero-order chi connectivity index (χ0) is 13.8. The third kappa shape index (κ3) is 3.20. The molecular weight excluding hydrogens is 254 g/mol. The van der Waals surface area contributed by atoms with Crippen molar-refractivity contribution in [2.24, 2.45) is 0 Å². The van der Waals surface area contributed by atoms with Gasteiger partial charge in [-0.3, -0.25) is 0 Å². The van der Waals surface area contributed by atoms with Gasteiger partial charge in [-0.1, -0.05) is 12.8 Å². The minimum Gasteiger partial charge on any atom is -0.478 e. The van der Waals surface area contributed by atoms with Gasteiger partial charge in [0.2, 0.25) is 5.88 Å². The Morgan fingerprint density at radius 3 is 2.80 bits per heavy atom. The molecule has 1 aromatic heterocycles. The number of rotatable bonds is 5.